The van der Waals surface area contributed by atoms with Crippen LogP contribution in [0.15, 0.2) is 41.5 Å². The average molecular weight is 363 g/mol. The van der Waals surface area contributed by atoms with Gasteiger partial charge in [-0.25, -0.2) is 5.43 Å². The predicted molar refractivity (Wildman–Crippen MR) is 97.0 cm³/mol. The molecule has 132 valence electrons. The third kappa shape index (κ3) is 5.12. The Morgan fingerprint density at radius 2 is 1.68 bits per heavy atom. The molecule has 1 amide bonds. The summed E-state index contributed by atoms with van der Waals surface area (Å²) in [6, 6.07) is 10.5. The van der Waals surface area contributed by atoms with Gasteiger partial charge in [0.1, 0.15) is 0 Å². The van der Waals surface area contributed by atoms with Crippen molar-refractivity contribution in [2.45, 2.75) is 6.42 Å². The quantitative estimate of drug-likeness (QED) is 0.607. The lowest BCUT2D eigenvalue weighted by molar-refractivity contribution is -0.120. The van der Waals surface area contributed by atoms with E-state index in [4.69, 9.17) is 25.8 Å². The second kappa shape index (κ2) is 8.94. The van der Waals surface area contributed by atoms with Gasteiger partial charge in [0, 0.05) is 10.6 Å². The van der Waals surface area contributed by atoms with Crippen LogP contribution in [-0.4, -0.2) is 33.5 Å². The number of hydrogen-bond acceptors (Lipinski definition) is 5. The van der Waals surface area contributed by atoms with Crippen molar-refractivity contribution in [3.8, 4) is 17.2 Å². The van der Waals surface area contributed by atoms with Gasteiger partial charge in [-0.3, -0.25) is 4.79 Å². The molecule has 0 heterocycles. The van der Waals surface area contributed by atoms with Gasteiger partial charge in [-0.05, 0) is 29.8 Å². The van der Waals surface area contributed by atoms with Gasteiger partial charge in [0.05, 0.1) is 34.0 Å². The van der Waals surface area contributed by atoms with Crippen LogP contribution in [0.5, 0.6) is 17.2 Å². The summed E-state index contributed by atoms with van der Waals surface area (Å²) in [5.41, 5.74) is 4.03. The number of carbonyl (C=O) groups excluding carboxylic acids is 1. The number of nitrogens with one attached hydrogen (secondary N) is 1. The Morgan fingerprint density at radius 3 is 2.20 bits per heavy atom. The minimum Gasteiger partial charge on any atom is -0.493 e. The fourth-order valence-electron chi connectivity index (χ4n) is 2.18. The van der Waals surface area contributed by atoms with Crippen molar-refractivity contribution in [2.75, 3.05) is 21.3 Å². The molecule has 0 aliphatic heterocycles. The lowest BCUT2D eigenvalue weighted by atomic mass is 10.1. The third-order valence-corrected chi connectivity index (χ3v) is 3.62. The van der Waals surface area contributed by atoms with Gasteiger partial charge in [-0.1, -0.05) is 23.7 Å². The zero-order valence-corrected chi connectivity index (χ0v) is 15.0. The van der Waals surface area contributed by atoms with E-state index in [0.717, 1.165) is 5.56 Å². The fourth-order valence-corrected chi connectivity index (χ4v) is 2.31. The molecule has 2 rings (SSSR count). The van der Waals surface area contributed by atoms with Crippen molar-refractivity contribution in [1.29, 1.82) is 0 Å². The van der Waals surface area contributed by atoms with Crippen LogP contribution in [0, 0.1) is 0 Å². The summed E-state index contributed by atoms with van der Waals surface area (Å²) in [5.74, 6) is 1.28. The van der Waals surface area contributed by atoms with Crippen LogP contribution < -0.4 is 19.6 Å². The van der Waals surface area contributed by atoms with Crippen LogP contribution in [0.2, 0.25) is 5.02 Å². The maximum Gasteiger partial charge on any atom is 0.244 e. The van der Waals surface area contributed by atoms with E-state index in [1.165, 1.54) is 27.5 Å². The highest BCUT2D eigenvalue weighted by molar-refractivity contribution is 6.30. The molecule has 0 unspecified atom stereocenters. The summed E-state index contributed by atoms with van der Waals surface area (Å²) >= 11 is 5.82. The number of methoxy groups -OCH3 is 3. The number of nitrogens with zero attached hydrogens (tertiary/aromatic N) is 1. The molecule has 6 nitrogen and oxygen atoms in total. The Balaban J connectivity index is 2.03. The Morgan fingerprint density at radius 1 is 1.08 bits per heavy atom. The van der Waals surface area contributed by atoms with Crippen LogP contribution in [-0.2, 0) is 11.2 Å². The largest absolute Gasteiger partial charge is 0.493 e. The van der Waals surface area contributed by atoms with E-state index in [2.05, 4.69) is 10.5 Å². The third-order valence-electron chi connectivity index (χ3n) is 3.37. The first kappa shape index (κ1) is 18.6. The number of hydrogen-bond donors (Lipinski definition) is 1. The highest BCUT2D eigenvalue weighted by Gasteiger charge is 2.12. The lowest BCUT2D eigenvalue weighted by Crippen LogP contribution is -2.19. The molecule has 0 fully saturated rings. The number of carbonyl (C=O) groups is 1. The second-order valence-corrected chi connectivity index (χ2v) is 5.49. The van der Waals surface area contributed by atoms with Crippen molar-refractivity contribution >= 4 is 23.7 Å². The van der Waals surface area contributed by atoms with Crippen LogP contribution in [0.4, 0.5) is 0 Å². The molecule has 0 saturated heterocycles. The van der Waals surface area contributed by atoms with E-state index in [-0.39, 0.29) is 12.3 Å². The molecular weight excluding hydrogens is 344 g/mol. The SMILES string of the molecule is COc1cc(/C=N/NC(=O)Cc2ccc(Cl)cc2)cc(OC)c1OC. The van der Waals surface area contributed by atoms with Crippen molar-refractivity contribution < 1.29 is 19.0 Å². The molecule has 0 atom stereocenters. The molecule has 0 bridgehead atoms. The average Bonchev–Trinajstić information content (AvgIpc) is 2.62. The molecule has 0 saturated carbocycles. The fraction of sp³-hybridized carbons (Fsp3) is 0.222. The standard InChI is InChI=1S/C18H19ClN2O4/c1-23-15-8-13(9-16(24-2)18(15)25-3)11-20-21-17(22)10-12-4-6-14(19)7-5-12/h4-9,11H,10H2,1-3H3,(H,21,22)/b20-11+. The number of rotatable bonds is 7. The number of ether oxygens (including phenoxy) is 3. The molecule has 0 spiro atoms. The minimum absolute atomic E-state index is 0.212. The first-order valence-corrected chi connectivity index (χ1v) is 7.81. The first-order chi connectivity index (χ1) is 12.1. The number of amides is 1. The Kier molecular flexibility index (Phi) is 6.65. The molecule has 0 aliphatic carbocycles. The molecule has 0 aromatic heterocycles. The van der Waals surface area contributed by atoms with E-state index >= 15 is 0 Å². The van der Waals surface area contributed by atoms with Gasteiger partial charge in [-0.2, -0.15) is 5.10 Å². The minimum atomic E-state index is -0.231. The molecular formula is C18H19ClN2O4. The van der Waals surface area contributed by atoms with Crippen LogP contribution in [0.25, 0.3) is 0 Å². The molecule has 0 aliphatic rings. The summed E-state index contributed by atoms with van der Waals surface area (Å²) in [6.07, 6.45) is 1.72. The van der Waals surface area contributed by atoms with E-state index in [1.54, 1.807) is 36.4 Å². The highest BCUT2D eigenvalue weighted by atomic mass is 35.5. The van der Waals surface area contributed by atoms with E-state index in [9.17, 15) is 4.79 Å². The molecule has 2 aromatic carbocycles. The van der Waals surface area contributed by atoms with Gasteiger partial charge in [0.2, 0.25) is 11.7 Å². The van der Waals surface area contributed by atoms with Crippen LogP contribution >= 0.6 is 11.6 Å². The number of halogens is 1. The van der Waals surface area contributed by atoms with E-state index in [0.29, 0.717) is 27.8 Å². The van der Waals surface area contributed by atoms with Gasteiger partial charge < -0.3 is 14.2 Å². The topological polar surface area (TPSA) is 69.2 Å². The van der Waals surface area contributed by atoms with Gasteiger partial charge in [0.25, 0.3) is 0 Å². The molecule has 2 aromatic rings. The predicted octanol–water partition coefficient (Wildman–Crippen LogP) is 3.06. The summed E-state index contributed by atoms with van der Waals surface area (Å²) in [6.45, 7) is 0. The summed E-state index contributed by atoms with van der Waals surface area (Å²) in [4.78, 5) is 11.9. The lowest BCUT2D eigenvalue weighted by Gasteiger charge is -2.12. The van der Waals surface area contributed by atoms with Gasteiger partial charge in [-0.15, -0.1) is 0 Å². The van der Waals surface area contributed by atoms with E-state index < -0.39 is 0 Å². The Hall–Kier alpha value is -2.73. The van der Waals surface area contributed by atoms with Gasteiger partial charge in [0.15, 0.2) is 11.5 Å². The summed E-state index contributed by atoms with van der Waals surface area (Å²) < 4.78 is 15.8. The van der Waals surface area contributed by atoms with Crippen LogP contribution in [0.3, 0.4) is 0 Å². The zero-order valence-electron chi connectivity index (χ0n) is 14.2. The smallest absolute Gasteiger partial charge is 0.244 e. The first-order valence-electron chi connectivity index (χ1n) is 7.43. The van der Waals surface area contributed by atoms with Crippen molar-refractivity contribution in [3.63, 3.8) is 0 Å². The maximum atomic E-state index is 11.9. The monoisotopic (exact) mass is 362 g/mol. The van der Waals surface area contributed by atoms with Crippen molar-refractivity contribution in [1.82, 2.24) is 5.43 Å². The maximum absolute atomic E-state index is 11.9. The van der Waals surface area contributed by atoms with Crippen molar-refractivity contribution in [2.24, 2.45) is 5.10 Å². The van der Waals surface area contributed by atoms with Crippen LogP contribution in [0.1, 0.15) is 11.1 Å². The molecule has 25 heavy (non-hydrogen) atoms. The number of benzene rings is 2. The zero-order chi connectivity index (χ0) is 18.2. The highest BCUT2D eigenvalue weighted by Crippen LogP contribution is 2.37. The Bertz CT molecular complexity index is 735. The molecule has 1 N–H and O–H groups in total. The Labute approximate surface area is 151 Å². The number of hydrazone groups is 1. The summed E-state index contributed by atoms with van der Waals surface area (Å²) in [7, 11) is 4.60. The second-order valence-electron chi connectivity index (χ2n) is 5.06. The molecule has 7 heteroatoms. The summed E-state index contributed by atoms with van der Waals surface area (Å²) in [5, 5.41) is 4.59. The normalized spacial score (nSPS) is 10.6. The molecule has 0 radical (unpaired) electrons. The van der Waals surface area contributed by atoms with Gasteiger partial charge >= 0.3 is 0 Å². The van der Waals surface area contributed by atoms with Crippen molar-refractivity contribution in [3.05, 3.63) is 52.5 Å². The van der Waals surface area contributed by atoms with E-state index in [1.807, 2.05) is 0 Å².